The van der Waals surface area contributed by atoms with Gasteiger partial charge < -0.3 is 14.9 Å². The molecule has 0 saturated carbocycles. The summed E-state index contributed by atoms with van der Waals surface area (Å²) in [4.78, 5) is 22.5. The summed E-state index contributed by atoms with van der Waals surface area (Å²) < 4.78 is 43.4. The lowest BCUT2D eigenvalue weighted by Gasteiger charge is -2.22. The van der Waals surface area contributed by atoms with Crippen molar-refractivity contribution < 1.29 is 37.7 Å². The average molecular weight is 349 g/mol. The van der Waals surface area contributed by atoms with E-state index in [-0.39, 0.29) is 11.3 Å². The van der Waals surface area contributed by atoms with E-state index in [1.807, 2.05) is 0 Å². The highest BCUT2D eigenvalue weighted by atomic mass is 19.4. The number of aliphatic carboxylic acids is 1. The molecule has 1 rings (SSSR count). The summed E-state index contributed by atoms with van der Waals surface area (Å²) >= 11 is 0. The standard InChI is InChI=1S/C15H18F3NO5/c1-14(2,3)24-13(23)19-10-6-8(15(16,17)18)4-5-9(10)11(20)7-12(21)22/h4-6,11,20H,7H2,1-3H3,(H,19,23)(H,21,22). The monoisotopic (exact) mass is 349 g/mol. The van der Waals surface area contributed by atoms with Gasteiger partial charge in [-0.3, -0.25) is 10.1 Å². The van der Waals surface area contributed by atoms with Crippen molar-refractivity contribution in [1.82, 2.24) is 0 Å². The maximum Gasteiger partial charge on any atom is 0.416 e. The van der Waals surface area contributed by atoms with Crippen LogP contribution in [0.5, 0.6) is 0 Å². The van der Waals surface area contributed by atoms with Crippen molar-refractivity contribution in [2.45, 2.75) is 45.1 Å². The van der Waals surface area contributed by atoms with Crippen molar-refractivity contribution >= 4 is 17.7 Å². The largest absolute Gasteiger partial charge is 0.481 e. The Morgan fingerprint density at radius 1 is 1.25 bits per heavy atom. The summed E-state index contributed by atoms with van der Waals surface area (Å²) in [7, 11) is 0. The number of rotatable bonds is 4. The molecule has 0 aliphatic heterocycles. The van der Waals surface area contributed by atoms with Crippen LogP contribution in [0.1, 0.15) is 44.4 Å². The Morgan fingerprint density at radius 2 is 1.83 bits per heavy atom. The van der Waals surface area contributed by atoms with Crippen molar-refractivity contribution in [3.63, 3.8) is 0 Å². The van der Waals surface area contributed by atoms with E-state index in [1.54, 1.807) is 20.8 Å². The van der Waals surface area contributed by atoms with E-state index in [0.717, 1.165) is 6.07 Å². The van der Waals surface area contributed by atoms with Gasteiger partial charge in [0.2, 0.25) is 0 Å². The first kappa shape index (κ1) is 19.8. The molecule has 24 heavy (non-hydrogen) atoms. The fraction of sp³-hybridized carbons (Fsp3) is 0.467. The molecule has 0 spiro atoms. The van der Waals surface area contributed by atoms with E-state index in [9.17, 15) is 27.9 Å². The molecule has 1 aromatic rings. The van der Waals surface area contributed by atoms with Gasteiger partial charge in [0.15, 0.2) is 0 Å². The van der Waals surface area contributed by atoms with E-state index in [0.29, 0.717) is 12.1 Å². The highest BCUT2D eigenvalue weighted by Crippen LogP contribution is 2.34. The Hall–Kier alpha value is -2.29. The van der Waals surface area contributed by atoms with Crippen LogP contribution in [0, 0.1) is 0 Å². The van der Waals surface area contributed by atoms with Gasteiger partial charge in [0, 0.05) is 5.56 Å². The predicted octanol–water partition coefficient (Wildman–Crippen LogP) is 3.56. The zero-order valence-corrected chi connectivity index (χ0v) is 13.3. The fourth-order valence-electron chi connectivity index (χ4n) is 1.82. The zero-order valence-electron chi connectivity index (χ0n) is 13.3. The number of aliphatic hydroxyl groups excluding tert-OH is 1. The van der Waals surface area contributed by atoms with E-state index in [2.05, 4.69) is 5.32 Å². The van der Waals surface area contributed by atoms with E-state index >= 15 is 0 Å². The van der Waals surface area contributed by atoms with Crippen LogP contribution in [-0.4, -0.2) is 27.9 Å². The first-order chi connectivity index (χ1) is 10.8. The van der Waals surface area contributed by atoms with Gasteiger partial charge in [-0.25, -0.2) is 4.79 Å². The first-order valence-electron chi connectivity index (χ1n) is 6.90. The average Bonchev–Trinajstić information content (AvgIpc) is 2.33. The van der Waals surface area contributed by atoms with Gasteiger partial charge >= 0.3 is 18.2 Å². The molecule has 134 valence electrons. The van der Waals surface area contributed by atoms with Gasteiger partial charge in [0.25, 0.3) is 0 Å². The number of carbonyl (C=O) groups excluding carboxylic acids is 1. The molecule has 9 heteroatoms. The molecule has 0 bridgehead atoms. The minimum atomic E-state index is -4.67. The number of halogens is 3. The molecular formula is C15H18F3NO5. The molecule has 0 radical (unpaired) electrons. The highest BCUT2D eigenvalue weighted by Gasteiger charge is 2.32. The van der Waals surface area contributed by atoms with Gasteiger partial charge in [0.05, 0.1) is 23.8 Å². The van der Waals surface area contributed by atoms with Crippen molar-refractivity contribution in [2.75, 3.05) is 5.32 Å². The Bertz CT molecular complexity index is 623. The number of alkyl halides is 3. The first-order valence-corrected chi connectivity index (χ1v) is 6.90. The fourth-order valence-corrected chi connectivity index (χ4v) is 1.82. The van der Waals surface area contributed by atoms with Crippen molar-refractivity contribution in [1.29, 1.82) is 0 Å². The molecule has 0 aliphatic carbocycles. The molecule has 0 fully saturated rings. The molecule has 6 nitrogen and oxygen atoms in total. The van der Waals surface area contributed by atoms with Crippen LogP contribution >= 0.6 is 0 Å². The molecule has 1 unspecified atom stereocenters. The Kier molecular flexibility index (Phi) is 5.83. The number of carboxylic acids is 1. The van der Waals surface area contributed by atoms with Gasteiger partial charge in [0.1, 0.15) is 5.60 Å². The summed E-state index contributed by atoms with van der Waals surface area (Å²) in [6.07, 6.45) is -8.00. The lowest BCUT2D eigenvalue weighted by Crippen LogP contribution is -2.28. The van der Waals surface area contributed by atoms with Gasteiger partial charge in [-0.1, -0.05) is 6.07 Å². The number of aliphatic hydroxyl groups is 1. The molecule has 0 aliphatic rings. The second-order valence-electron chi connectivity index (χ2n) is 6.04. The van der Waals surface area contributed by atoms with Crippen molar-refractivity contribution in [3.05, 3.63) is 29.3 Å². The number of nitrogens with one attached hydrogen (secondary N) is 1. The van der Waals surface area contributed by atoms with E-state index in [4.69, 9.17) is 9.84 Å². The number of anilines is 1. The minimum Gasteiger partial charge on any atom is -0.481 e. The summed E-state index contributed by atoms with van der Waals surface area (Å²) in [6, 6.07) is 2.23. The smallest absolute Gasteiger partial charge is 0.416 e. The van der Waals surface area contributed by atoms with E-state index < -0.39 is 41.9 Å². The Morgan fingerprint density at radius 3 is 2.29 bits per heavy atom. The van der Waals surface area contributed by atoms with Crippen LogP contribution in [0.2, 0.25) is 0 Å². The number of ether oxygens (including phenoxy) is 1. The number of carboxylic acid groups (broad SMARTS) is 1. The molecule has 1 aromatic carbocycles. The van der Waals surface area contributed by atoms with Crippen LogP contribution in [-0.2, 0) is 15.7 Å². The third-order valence-electron chi connectivity index (χ3n) is 2.74. The lowest BCUT2D eigenvalue weighted by molar-refractivity contribution is -0.139. The number of carbonyl (C=O) groups is 2. The van der Waals surface area contributed by atoms with Crippen LogP contribution in [0.4, 0.5) is 23.7 Å². The summed E-state index contributed by atoms with van der Waals surface area (Å²) in [6.45, 7) is 4.71. The molecule has 1 atom stereocenters. The van der Waals surface area contributed by atoms with Crippen LogP contribution in [0.25, 0.3) is 0 Å². The number of hydrogen-bond donors (Lipinski definition) is 3. The van der Waals surface area contributed by atoms with Gasteiger partial charge in [-0.15, -0.1) is 0 Å². The quantitative estimate of drug-likeness (QED) is 0.772. The topological polar surface area (TPSA) is 95.9 Å². The van der Waals surface area contributed by atoms with Crippen LogP contribution in [0.15, 0.2) is 18.2 Å². The molecule has 0 heterocycles. The number of benzene rings is 1. The van der Waals surface area contributed by atoms with Gasteiger partial charge in [-0.2, -0.15) is 13.2 Å². The molecular weight excluding hydrogens is 331 g/mol. The second-order valence-corrected chi connectivity index (χ2v) is 6.04. The molecule has 0 aromatic heterocycles. The van der Waals surface area contributed by atoms with Gasteiger partial charge in [-0.05, 0) is 32.9 Å². The maximum absolute atomic E-state index is 12.8. The predicted molar refractivity (Wildman–Crippen MR) is 78.5 cm³/mol. The normalized spacial score (nSPS) is 13.3. The van der Waals surface area contributed by atoms with Crippen molar-refractivity contribution in [3.8, 4) is 0 Å². The highest BCUT2D eigenvalue weighted by molar-refractivity contribution is 5.86. The lowest BCUT2D eigenvalue weighted by atomic mass is 10.0. The Labute approximate surface area is 136 Å². The van der Waals surface area contributed by atoms with Crippen LogP contribution < -0.4 is 5.32 Å². The summed E-state index contributed by atoms with van der Waals surface area (Å²) in [5.74, 6) is -1.34. The summed E-state index contributed by atoms with van der Waals surface area (Å²) in [5, 5.41) is 20.7. The minimum absolute atomic E-state index is 0.156. The third-order valence-corrected chi connectivity index (χ3v) is 2.74. The molecule has 1 amide bonds. The number of hydrogen-bond acceptors (Lipinski definition) is 4. The number of amides is 1. The Balaban J connectivity index is 3.19. The zero-order chi connectivity index (χ0) is 18.7. The van der Waals surface area contributed by atoms with E-state index in [1.165, 1.54) is 0 Å². The summed E-state index contributed by atoms with van der Waals surface area (Å²) in [5.41, 5.74) is -2.46. The van der Waals surface area contributed by atoms with Crippen LogP contribution in [0.3, 0.4) is 0 Å². The maximum atomic E-state index is 12.8. The van der Waals surface area contributed by atoms with Crippen molar-refractivity contribution in [2.24, 2.45) is 0 Å². The molecule has 3 N–H and O–H groups in total. The third kappa shape index (κ3) is 6.07. The molecule has 0 saturated heterocycles. The second kappa shape index (κ2) is 7.08. The SMILES string of the molecule is CC(C)(C)OC(=O)Nc1cc(C(F)(F)F)ccc1C(O)CC(=O)O.